The van der Waals surface area contributed by atoms with Crippen LogP contribution in [-0.2, 0) is 6.42 Å². The van der Waals surface area contributed by atoms with Crippen LogP contribution in [0.15, 0.2) is 24.3 Å². The quantitative estimate of drug-likeness (QED) is 0.646. The van der Waals surface area contributed by atoms with Crippen molar-refractivity contribution in [2.45, 2.75) is 10.9 Å². The van der Waals surface area contributed by atoms with Crippen LogP contribution in [0.25, 0.3) is 0 Å². The number of benzene rings is 1. The van der Waals surface area contributed by atoms with Crippen LogP contribution >= 0.6 is 0 Å². The second-order valence-corrected chi connectivity index (χ2v) is 5.59. The van der Waals surface area contributed by atoms with E-state index in [-0.39, 0.29) is 20.9 Å². The molecule has 0 bridgehead atoms. The second kappa shape index (κ2) is 2.97. The third kappa shape index (κ3) is 1.33. The van der Waals surface area contributed by atoms with Gasteiger partial charge in [-0.1, -0.05) is 0 Å². The zero-order valence-electron chi connectivity index (χ0n) is 6.04. The van der Waals surface area contributed by atoms with Crippen molar-refractivity contribution in [1.29, 1.82) is 0 Å². The van der Waals surface area contributed by atoms with Crippen LogP contribution in [0, 0.1) is 0 Å². The third-order valence-electron chi connectivity index (χ3n) is 1.84. The molecule has 1 aliphatic rings. The summed E-state index contributed by atoms with van der Waals surface area (Å²) in [5.41, 5.74) is 2.26. The first kappa shape index (κ1) is 7.34. The van der Waals surface area contributed by atoms with Gasteiger partial charge in [0.25, 0.3) is 0 Å². The molecule has 0 spiro atoms. The van der Waals surface area contributed by atoms with Crippen molar-refractivity contribution in [3.8, 4) is 0 Å². The molecule has 0 saturated carbocycles. The molecule has 1 nitrogen and oxygen atoms in total. The molecule has 0 aliphatic carbocycles. The summed E-state index contributed by atoms with van der Waals surface area (Å²) in [6.45, 7) is 0. The predicted molar refractivity (Wildman–Crippen MR) is 45.0 cm³/mol. The van der Waals surface area contributed by atoms with Gasteiger partial charge in [0.1, 0.15) is 0 Å². The molecule has 0 atom stereocenters. The molecule has 1 aromatic carbocycles. The van der Waals surface area contributed by atoms with Crippen LogP contribution in [0.2, 0.25) is 4.47 Å². The summed E-state index contributed by atoms with van der Waals surface area (Å²) in [5.74, 6) is 0. The Morgan fingerprint density at radius 2 is 2.09 bits per heavy atom. The minimum atomic E-state index is -0.341. The number of aryl methyl sites for hydroxylation is 1. The van der Waals surface area contributed by atoms with Crippen molar-refractivity contribution < 1.29 is 4.79 Å². The van der Waals surface area contributed by atoms with Gasteiger partial charge >= 0.3 is 75.8 Å². The van der Waals surface area contributed by atoms with Gasteiger partial charge in [0, 0.05) is 0 Å². The molecular weight excluding hydrogens is 252 g/mol. The fourth-order valence-electron chi connectivity index (χ4n) is 1.27. The Labute approximate surface area is 75.9 Å². The first-order valence-electron chi connectivity index (χ1n) is 3.63. The number of hydrogen-bond donors (Lipinski definition) is 0. The van der Waals surface area contributed by atoms with Crippen molar-refractivity contribution in [2.75, 3.05) is 0 Å². The first-order valence-corrected chi connectivity index (χ1v) is 6.44. The summed E-state index contributed by atoms with van der Waals surface area (Å²) in [7, 11) is 0. The van der Waals surface area contributed by atoms with E-state index < -0.39 is 0 Å². The Kier molecular flexibility index (Phi) is 1.98. The van der Waals surface area contributed by atoms with Crippen molar-refractivity contribution in [2.24, 2.45) is 0 Å². The van der Waals surface area contributed by atoms with E-state index in [0.717, 1.165) is 16.5 Å². The molecule has 0 unspecified atom stereocenters. The number of hydrogen-bond acceptors (Lipinski definition) is 1. The van der Waals surface area contributed by atoms with Gasteiger partial charge in [0.15, 0.2) is 0 Å². The van der Waals surface area contributed by atoms with Crippen molar-refractivity contribution in [3.63, 3.8) is 0 Å². The number of carbonyl (C=O) groups is 1. The molecule has 1 aromatic rings. The standard InChI is InChI=1S/C9H8OTe/c10-9-8-4-2-1-3-7(8)5-6-11-9/h1-4H,5-6H2. The Hall–Kier alpha value is -0.320. The molecular formula is C9H8OTe. The average Bonchev–Trinajstić information content (AvgIpc) is 2.06. The topological polar surface area (TPSA) is 17.1 Å². The number of fused-ring (bicyclic) bond motifs is 1. The number of carbonyl (C=O) groups excluding carboxylic acids is 1. The van der Waals surface area contributed by atoms with Crippen molar-refractivity contribution in [3.05, 3.63) is 35.4 Å². The molecule has 0 amide bonds. The molecule has 0 saturated heterocycles. The summed E-state index contributed by atoms with van der Waals surface area (Å²) >= 11 is -0.341. The number of rotatable bonds is 0. The monoisotopic (exact) mass is 262 g/mol. The van der Waals surface area contributed by atoms with Gasteiger partial charge in [-0.15, -0.1) is 0 Å². The molecule has 0 radical (unpaired) electrons. The Morgan fingerprint density at radius 1 is 1.27 bits per heavy atom. The van der Waals surface area contributed by atoms with Crippen LogP contribution in [0.1, 0.15) is 15.9 Å². The van der Waals surface area contributed by atoms with E-state index >= 15 is 0 Å². The molecule has 1 aliphatic heterocycles. The van der Waals surface area contributed by atoms with Crippen molar-refractivity contribution >= 4 is 24.8 Å². The van der Waals surface area contributed by atoms with Gasteiger partial charge in [-0.3, -0.25) is 0 Å². The normalized spacial score (nSPS) is 16.2. The van der Waals surface area contributed by atoms with Gasteiger partial charge in [0.2, 0.25) is 0 Å². The summed E-state index contributed by atoms with van der Waals surface area (Å²) in [4.78, 5) is 11.3. The van der Waals surface area contributed by atoms with E-state index in [0.29, 0.717) is 3.83 Å². The molecule has 2 heteroatoms. The Morgan fingerprint density at radius 3 is 2.91 bits per heavy atom. The summed E-state index contributed by atoms with van der Waals surface area (Å²) in [5, 5.41) is 0. The van der Waals surface area contributed by atoms with Gasteiger partial charge in [-0.05, 0) is 0 Å². The summed E-state index contributed by atoms with van der Waals surface area (Å²) in [6.07, 6.45) is 1.13. The van der Waals surface area contributed by atoms with Gasteiger partial charge in [0.05, 0.1) is 0 Å². The van der Waals surface area contributed by atoms with E-state index in [1.54, 1.807) is 0 Å². The van der Waals surface area contributed by atoms with E-state index in [1.807, 2.05) is 18.2 Å². The Bertz CT molecular complexity index is 293. The summed E-state index contributed by atoms with van der Waals surface area (Å²) in [6, 6.07) is 7.99. The Balaban J connectivity index is 2.52. The fraction of sp³-hybridized carbons (Fsp3) is 0.222. The van der Waals surface area contributed by atoms with E-state index in [9.17, 15) is 4.79 Å². The molecule has 2 rings (SSSR count). The van der Waals surface area contributed by atoms with Crippen LogP contribution in [0.5, 0.6) is 0 Å². The average molecular weight is 260 g/mol. The molecule has 0 aromatic heterocycles. The third-order valence-corrected chi connectivity index (χ3v) is 4.38. The van der Waals surface area contributed by atoms with Crippen LogP contribution < -0.4 is 0 Å². The van der Waals surface area contributed by atoms with E-state index in [2.05, 4.69) is 6.07 Å². The maximum atomic E-state index is 11.3. The van der Waals surface area contributed by atoms with Crippen LogP contribution in [0.4, 0.5) is 0 Å². The molecule has 11 heavy (non-hydrogen) atoms. The first-order chi connectivity index (χ1) is 5.38. The molecule has 1 heterocycles. The van der Waals surface area contributed by atoms with Gasteiger partial charge < -0.3 is 0 Å². The van der Waals surface area contributed by atoms with Gasteiger partial charge in [-0.25, -0.2) is 0 Å². The fourth-order valence-corrected chi connectivity index (χ4v) is 3.73. The van der Waals surface area contributed by atoms with Crippen molar-refractivity contribution in [1.82, 2.24) is 0 Å². The molecule has 0 N–H and O–H groups in total. The summed E-state index contributed by atoms with van der Waals surface area (Å²) < 4.78 is 1.60. The van der Waals surface area contributed by atoms with E-state index in [4.69, 9.17) is 0 Å². The second-order valence-electron chi connectivity index (χ2n) is 2.54. The van der Waals surface area contributed by atoms with Gasteiger partial charge in [-0.2, -0.15) is 0 Å². The zero-order chi connectivity index (χ0) is 7.68. The SMILES string of the molecule is O=C1[Te]CCc2ccccc21. The van der Waals surface area contributed by atoms with E-state index in [1.165, 1.54) is 5.56 Å². The van der Waals surface area contributed by atoms with Crippen LogP contribution in [0.3, 0.4) is 0 Å². The van der Waals surface area contributed by atoms with Crippen LogP contribution in [-0.4, -0.2) is 24.8 Å². The molecule has 56 valence electrons. The predicted octanol–water partition coefficient (Wildman–Crippen LogP) is 1.51. The zero-order valence-corrected chi connectivity index (χ0v) is 8.37. The molecule has 0 fully saturated rings. The maximum absolute atomic E-state index is 11.3. The minimum absolute atomic E-state index is 0.341.